The lowest BCUT2D eigenvalue weighted by Crippen LogP contribution is -2.32. The Morgan fingerprint density at radius 2 is 0.963 bits per heavy atom. The largest absolute Gasteiger partial charge is 0.259 e. The molecule has 0 fully saturated rings. The van der Waals surface area contributed by atoms with Crippen LogP contribution in [0.3, 0.4) is 0 Å². The molecule has 0 atom stereocenters. The Kier molecular flexibility index (Phi) is 5.53. The van der Waals surface area contributed by atoms with Crippen molar-refractivity contribution in [1.29, 1.82) is 0 Å². The maximum absolute atomic E-state index is 13.1. The van der Waals surface area contributed by atoms with E-state index in [1.165, 1.54) is 24.3 Å². The second-order valence-electron chi connectivity index (χ2n) is 5.70. The molecule has 5 nitrogen and oxygen atoms in total. The van der Waals surface area contributed by atoms with Crippen LogP contribution in [-0.2, 0) is 19.7 Å². The fraction of sp³-hybridized carbons (Fsp3) is 0.0500. The van der Waals surface area contributed by atoms with Crippen LogP contribution in [0.25, 0.3) is 0 Å². The quantitative estimate of drug-likeness (QED) is 0.593. The van der Waals surface area contributed by atoms with Gasteiger partial charge in [-0.2, -0.15) is 0 Å². The van der Waals surface area contributed by atoms with Crippen LogP contribution in [0.5, 0.6) is 0 Å². The first kappa shape index (κ1) is 19.0. The maximum Gasteiger partial charge on any atom is 0.206 e. The second-order valence-corrected chi connectivity index (χ2v) is 10.1. The average molecular weight is 399 g/mol. The minimum Gasteiger partial charge on any atom is -0.259 e. The lowest BCUT2D eigenvalue weighted by atomic mass is 10.3. The molecule has 27 heavy (non-hydrogen) atoms. The minimum atomic E-state index is -4.21. The summed E-state index contributed by atoms with van der Waals surface area (Å²) < 4.78 is 50.6. The van der Waals surface area contributed by atoms with Gasteiger partial charge < -0.3 is 0 Å². The lowest BCUT2D eigenvalue weighted by molar-refractivity contribution is 0.584. The molecule has 0 amide bonds. The summed E-state index contributed by atoms with van der Waals surface area (Å²) in [4.78, 5) is 3.96. The summed E-state index contributed by atoms with van der Waals surface area (Å²) in [6.07, 6.45) is 0.986. The van der Waals surface area contributed by atoms with Gasteiger partial charge in [0, 0.05) is 6.21 Å². The zero-order valence-electron chi connectivity index (χ0n) is 14.2. The predicted octanol–water partition coefficient (Wildman–Crippen LogP) is 3.66. The zero-order chi connectivity index (χ0) is 19.3. The number of benzene rings is 3. The van der Waals surface area contributed by atoms with Crippen molar-refractivity contribution in [3.63, 3.8) is 0 Å². The van der Waals surface area contributed by atoms with Gasteiger partial charge in [0.2, 0.25) is 24.3 Å². The predicted molar refractivity (Wildman–Crippen MR) is 106 cm³/mol. The van der Waals surface area contributed by atoms with Crippen molar-refractivity contribution in [3.8, 4) is 0 Å². The Hall–Kier alpha value is -2.77. The summed E-state index contributed by atoms with van der Waals surface area (Å²) in [6, 6.07) is 23.6. The first-order chi connectivity index (χ1) is 12.9. The summed E-state index contributed by atoms with van der Waals surface area (Å²) in [5.74, 6) is 0. The van der Waals surface area contributed by atoms with Gasteiger partial charge in [0.15, 0.2) is 0 Å². The molecule has 0 unspecified atom stereocenters. The summed E-state index contributed by atoms with van der Waals surface area (Å²) in [5.41, 5.74) is 0.467. The number of para-hydroxylation sites is 1. The van der Waals surface area contributed by atoms with E-state index in [4.69, 9.17) is 0 Å². The third-order valence-electron chi connectivity index (χ3n) is 3.86. The molecule has 0 aliphatic carbocycles. The van der Waals surface area contributed by atoms with Crippen LogP contribution in [0.2, 0.25) is 0 Å². The van der Waals surface area contributed by atoms with E-state index in [1.54, 1.807) is 66.7 Å². The van der Waals surface area contributed by atoms with Crippen LogP contribution in [0.1, 0.15) is 0 Å². The number of aliphatic imine (C=N–C) groups is 1. The molecular formula is C20H17NO4S2. The molecule has 0 saturated heterocycles. The summed E-state index contributed by atoms with van der Waals surface area (Å²) in [6.45, 7) is 0. The van der Waals surface area contributed by atoms with Crippen LogP contribution >= 0.6 is 0 Å². The van der Waals surface area contributed by atoms with E-state index in [0.29, 0.717) is 5.69 Å². The Bertz CT molecular complexity index is 1060. The highest BCUT2D eigenvalue weighted by atomic mass is 32.3. The summed E-state index contributed by atoms with van der Waals surface area (Å²) in [5, 5.41) is 0. The van der Waals surface area contributed by atoms with Crippen molar-refractivity contribution in [1.82, 2.24) is 0 Å². The van der Waals surface area contributed by atoms with E-state index in [9.17, 15) is 16.8 Å². The monoisotopic (exact) mass is 399 g/mol. The standard InChI is InChI=1S/C20H17NO4S2/c22-26(23,18-12-6-2-7-13-18)20(16-21-17-10-4-1-5-11-17)27(24,25)19-14-8-3-9-15-19/h1-16,20H. The zero-order valence-corrected chi connectivity index (χ0v) is 15.8. The fourth-order valence-electron chi connectivity index (χ4n) is 2.48. The number of nitrogens with zero attached hydrogens (tertiary/aromatic N) is 1. The molecule has 3 aromatic rings. The van der Waals surface area contributed by atoms with Crippen LogP contribution in [0.4, 0.5) is 5.69 Å². The number of hydrogen-bond donors (Lipinski definition) is 0. The third-order valence-corrected chi connectivity index (χ3v) is 8.70. The normalized spacial score (nSPS) is 12.5. The lowest BCUT2D eigenvalue weighted by Gasteiger charge is -2.15. The molecule has 0 N–H and O–H groups in total. The molecule has 3 aromatic carbocycles. The van der Waals surface area contributed by atoms with Gasteiger partial charge >= 0.3 is 0 Å². The van der Waals surface area contributed by atoms with E-state index in [2.05, 4.69) is 4.99 Å². The summed E-state index contributed by atoms with van der Waals surface area (Å²) in [7, 11) is -8.43. The van der Waals surface area contributed by atoms with Gasteiger partial charge in [-0.3, -0.25) is 4.99 Å². The molecule has 0 radical (unpaired) electrons. The molecule has 138 valence electrons. The summed E-state index contributed by atoms with van der Waals surface area (Å²) >= 11 is 0. The Labute approximate surface area is 158 Å². The highest BCUT2D eigenvalue weighted by molar-refractivity contribution is 8.10. The van der Waals surface area contributed by atoms with Crippen molar-refractivity contribution < 1.29 is 16.8 Å². The maximum atomic E-state index is 13.1. The first-order valence-electron chi connectivity index (χ1n) is 8.09. The van der Waals surface area contributed by atoms with E-state index in [0.717, 1.165) is 6.21 Å². The fourth-order valence-corrected chi connectivity index (χ4v) is 6.53. The smallest absolute Gasteiger partial charge is 0.206 e. The Morgan fingerprint density at radius 1 is 0.593 bits per heavy atom. The minimum absolute atomic E-state index is 0.0750. The van der Waals surface area contributed by atoms with Crippen LogP contribution < -0.4 is 0 Å². The van der Waals surface area contributed by atoms with Crippen molar-refractivity contribution in [3.05, 3.63) is 91.0 Å². The number of rotatable bonds is 6. The number of sulfone groups is 2. The van der Waals surface area contributed by atoms with Gasteiger partial charge in [-0.15, -0.1) is 0 Å². The molecule has 0 saturated carbocycles. The van der Waals surface area contributed by atoms with Gasteiger partial charge in [-0.05, 0) is 36.4 Å². The van der Waals surface area contributed by atoms with Gasteiger partial charge in [-0.25, -0.2) is 16.8 Å². The van der Waals surface area contributed by atoms with Gasteiger partial charge in [-0.1, -0.05) is 54.6 Å². The van der Waals surface area contributed by atoms with Crippen molar-refractivity contribution in [2.24, 2.45) is 4.99 Å². The molecule has 3 rings (SSSR count). The van der Waals surface area contributed by atoms with E-state index in [1.807, 2.05) is 0 Å². The number of hydrogen-bond acceptors (Lipinski definition) is 5. The van der Waals surface area contributed by atoms with Crippen LogP contribution in [0.15, 0.2) is 106 Å². The third kappa shape index (κ3) is 4.15. The molecule has 0 heterocycles. The van der Waals surface area contributed by atoms with Crippen LogP contribution in [-0.4, -0.2) is 27.6 Å². The molecule has 7 heteroatoms. The molecule has 0 spiro atoms. The van der Waals surface area contributed by atoms with Gasteiger partial charge in [0.25, 0.3) is 0 Å². The highest BCUT2D eigenvalue weighted by Crippen LogP contribution is 2.25. The van der Waals surface area contributed by atoms with Crippen molar-refractivity contribution in [2.45, 2.75) is 14.4 Å². The molecule has 0 aromatic heterocycles. The second kappa shape index (κ2) is 7.85. The molecular weight excluding hydrogens is 382 g/mol. The average Bonchev–Trinajstić information content (AvgIpc) is 2.70. The Balaban J connectivity index is 2.14. The van der Waals surface area contributed by atoms with Gasteiger partial charge in [0.05, 0.1) is 15.5 Å². The molecule has 0 bridgehead atoms. The van der Waals surface area contributed by atoms with Gasteiger partial charge in [0.1, 0.15) is 0 Å². The molecule has 0 aliphatic rings. The van der Waals surface area contributed by atoms with Crippen molar-refractivity contribution >= 4 is 31.6 Å². The van der Waals surface area contributed by atoms with Crippen molar-refractivity contribution in [2.75, 3.05) is 0 Å². The van der Waals surface area contributed by atoms with Crippen LogP contribution in [0, 0.1) is 0 Å². The molecule has 0 aliphatic heterocycles. The van der Waals surface area contributed by atoms with E-state index >= 15 is 0 Å². The highest BCUT2D eigenvalue weighted by Gasteiger charge is 2.38. The van der Waals surface area contributed by atoms with E-state index < -0.39 is 24.3 Å². The Morgan fingerprint density at radius 3 is 1.37 bits per heavy atom. The van der Waals surface area contributed by atoms with E-state index in [-0.39, 0.29) is 9.79 Å². The topological polar surface area (TPSA) is 80.6 Å². The first-order valence-corrected chi connectivity index (χ1v) is 11.2. The SMILES string of the molecule is O=S(=O)(c1ccccc1)C(C=Nc1ccccc1)S(=O)(=O)c1ccccc1.